The first-order valence-corrected chi connectivity index (χ1v) is 7.04. The molecule has 4 heteroatoms. The van der Waals surface area contributed by atoms with Crippen LogP contribution in [0.15, 0.2) is 42.5 Å². The van der Waals surface area contributed by atoms with E-state index in [1.807, 2.05) is 36.4 Å². The second kappa shape index (κ2) is 7.43. The Morgan fingerprint density at radius 3 is 2.48 bits per heavy atom. The molecule has 0 amide bonds. The van der Waals surface area contributed by atoms with E-state index in [9.17, 15) is 0 Å². The van der Waals surface area contributed by atoms with E-state index < -0.39 is 0 Å². The number of methoxy groups -OCH3 is 2. The van der Waals surface area contributed by atoms with Crippen LogP contribution in [-0.4, -0.2) is 20.8 Å². The molecule has 4 nitrogen and oxygen atoms in total. The van der Waals surface area contributed by atoms with Gasteiger partial charge in [-0.15, -0.1) is 0 Å². The third-order valence-electron chi connectivity index (χ3n) is 3.36. The third-order valence-corrected chi connectivity index (χ3v) is 3.36. The molecule has 2 aromatic rings. The lowest BCUT2D eigenvalue weighted by atomic mass is 10.1. The summed E-state index contributed by atoms with van der Waals surface area (Å²) in [6, 6.07) is 13.9. The van der Waals surface area contributed by atoms with E-state index >= 15 is 0 Å². The first kappa shape index (κ1) is 15.0. The van der Waals surface area contributed by atoms with E-state index in [1.54, 1.807) is 14.2 Å². The van der Waals surface area contributed by atoms with Crippen LogP contribution in [0, 0.1) is 0 Å². The topological polar surface area (TPSA) is 56.5 Å². The molecule has 3 N–H and O–H groups in total. The minimum Gasteiger partial charge on any atom is -0.495 e. The fraction of sp³-hybridized carbons (Fsp3) is 0.294. The Hall–Kier alpha value is -2.36. The van der Waals surface area contributed by atoms with Crippen LogP contribution in [-0.2, 0) is 6.42 Å². The summed E-state index contributed by atoms with van der Waals surface area (Å²) >= 11 is 0. The van der Waals surface area contributed by atoms with Gasteiger partial charge < -0.3 is 20.5 Å². The Labute approximate surface area is 125 Å². The van der Waals surface area contributed by atoms with Crippen molar-refractivity contribution in [2.24, 2.45) is 0 Å². The smallest absolute Gasteiger partial charge is 0.141 e. The summed E-state index contributed by atoms with van der Waals surface area (Å²) in [7, 11) is 3.31. The Balaban J connectivity index is 1.83. The fourth-order valence-corrected chi connectivity index (χ4v) is 2.25. The van der Waals surface area contributed by atoms with Crippen LogP contribution in [0.5, 0.6) is 11.5 Å². The van der Waals surface area contributed by atoms with E-state index in [0.717, 1.165) is 36.6 Å². The van der Waals surface area contributed by atoms with Crippen LogP contribution >= 0.6 is 0 Å². The average Bonchev–Trinajstić information content (AvgIpc) is 2.52. The first-order chi connectivity index (χ1) is 10.2. The van der Waals surface area contributed by atoms with Crippen molar-refractivity contribution >= 4 is 11.4 Å². The highest BCUT2D eigenvalue weighted by Crippen LogP contribution is 2.24. The summed E-state index contributed by atoms with van der Waals surface area (Å²) in [4.78, 5) is 0. The molecule has 0 radical (unpaired) electrons. The zero-order valence-corrected chi connectivity index (χ0v) is 12.6. The van der Waals surface area contributed by atoms with Gasteiger partial charge in [-0.1, -0.05) is 18.2 Å². The molecule has 0 aliphatic carbocycles. The highest BCUT2D eigenvalue weighted by atomic mass is 16.5. The number of aryl methyl sites for hydroxylation is 1. The van der Waals surface area contributed by atoms with E-state index in [4.69, 9.17) is 15.2 Å². The Kier molecular flexibility index (Phi) is 5.32. The molecule has 0 atom stereocenters. The molecular formula is C17H22N2O2. The van der Waals surface area contributed by atoms with Gasteiger partial charge in [0.15, 0.2) is 0 Å². The number of benzene rings is 2. The fourth-order valence-electron chi connectivity index (χ4n) is 2.25. The van der Waals surface area contributed by atoms with Gasteiger partial charge in [0.1, 0.15) is 11.5 Å². The van der Waals surface area contributed by atoms with Gasteiger partial charge in [-0.2, -0.15) is 0 Å². The van der Waals surface area contributed by atoms with Gasteiger partial charge in [0.05, 0.1) is 25.6 Å². The standard InChI is InChI=1S/C17H22N2O2/c1-20-16-10-9-13(12-14(16)18)6-5-11-19-15-7-3-4-8-17(15)21-2/h3-4,7-10,12,19H,5-6,11,18H2,1-2H3. The molecule has 0 bridgehead atoms. The van der Waals surface area contributed by atoms with Crippen LogP contribution in [0.3, 0.4) is 0 Å². The average molecular weight is 286 g/mol. The predicted octanol–water partition coefficient (Wildman–Crippen LogP) is 3.33. The monoisotopic (exact) mass is 286 g/mol. The second-order valence-corrected chi connectivity index (χ2v) is 4.81. The second-order valence-electron chi connectivity index (χ2n) is 4.81. The van der Waals surface area contributed by atoms with E-state index in [-0.39, 0.29) is 0 Å². The summed E-state index contributed by atoms with van der Waals surface area (Å²) in [5, 5.41) is 3.39. The lowest BCUT2D eigenvalue weighted by Gasteiger charge is -2.11. The molecule has 0 spiro atoms. The van der Waals surface area contributed by atoms with Gasteiger partial charge in [-0.25, -0.2) is 0 Å². The normalized spacial score (nSPS) is 10.2. The van der Waals surface area contributed by atoms with Crippen LogP contribution in [0.25, 0.3) is 0 Å². The number of rotatable bonds is 7. The molecule has 21 heavy (non-hydrogen) atoms. The molecule has 112 valence electrons. The van der Waals surface area contributed by atoms with Crippen molar-refractivity contribution in [3.8, 4) is 11.5 Å². The largest absolute Gasteiger partial charge is 0.495 e. The number of hydrogen-bond acceptors (Lipinski definition) is 4. The minimum absolute atomic E-state index is 0.688. The number of ether oxygens (including phenoxy) is 2. The number of para-hydroxylation sites is 2. The molecule has 0 saturated heterocycles. The number of nitrogens with two attached hydrogens (primary N) is 1. The molecule has 0 aliphatic rings. The highest BCUT2D eigenvalue weighted by molar-refractivity contribution is 5.56. The van der Waals surface area contributed by atoms with Crippen molar-refractivity contribution in [2.45, 2.75) is 12.8 Å². The Morgan fingerprint density at radius 2 is 1.76 bits per heavy atom. The summed E-state index contributed by atoms with van der Waals surface area (Å²) in [5.74, 6) is 1.59. The third kappa shape index (κ3) is 4.05. The van der Waals surface area contributed by atoms with Gasteiger partial charge in [-0.3, -0.25) is 0 Å². The number of anilines is 2. The van der Waals surface area contributed by atoms with Crippen molar-refractivity contribution in [3.05, 3.63) is 48.0 Å². The Morgan fingerprint density at radius 1 is 1.00 bits per heavy atom. The summed E-state index contributed by atoms with van der Waals surface area (Å²) in [5.41, 5.74) is 8.84. The van der Waals surface area contributed by atoms with Crippen LogP contribution in [0.1, 0.15) is 12.0 Å². The SMILES string of the molecule is COc1ccc(CCCNc2ccccc2OC)cc1N. The molecule has 2 rings (SSSR count). The van der Waals surface area contributed by atoms with Gasteiger partial charge in [0, 0.05) is 6.54 Å². The van der Waals surface area contributed by atoms with Gasteiger partial charge >= 0.3 is 0 Å². The lowest BCUT2D eigenvalue weighted by molar-refractivity contribution is 0.416. The molecule has 0 aromatic heterocycles. The lowest BCUT2D eigenvalue weighted by Crippen LogP contribution is -2.04. The summed E-state index contributed by atoms with van der Waals surface area (Å²) < 4.78 is 10.5. The molecule has 0 saturated carbocycles. The number of nitrogens with one attached hydrogen (secondary N) is 1. The van der Waals surface area contributed by atoms with E-state index in [2.05, 4.69) is 11.4 Å². The van der Waals surface area contributed by atoms with Gasteiger partial charge in [0.2, 0.25) is 0 Å². The molecule has 0 unspecified atom stereocenters. The summed E-state index contributed by atoms with van der Waals surface area (Å²) in [6.07, 6.45) is 1.99. The molecular weight excluding hydrogens is 264 g/mol. The van der Waals surface area contributed by atoms with Crippen molar-refractivity contribution in [3.63, 3.8) is 0 Å². The molecule has 0 heterocycles. The maximum absolute atomic E-state index is 5.91. The zero-order valence-electron chi connectivity index (χ0n) is 12.6. The Bertz CT molecular complexity index is 585. The maximum atomic E-state index is 5.91. The minimum atomic E-state index is 0.688. The first-order valence-electron chi connectivity index (χ1n) is 7.04. The van der Waals surface area contributed by atoms with E-state index in [0.29, 0.717) is 5.69 Å². The van der Waals surface area contributed by atoms with Crippen LogP contribution in [0.4, 0.5) is 11.4 Å². The van der Waals surface area contributed by atoms with Gasteiger partial charge in [0.25, 0.3) is 0 Å². The maximum Gasteiger partial charge on any atom is 0.141 e. The molecule has 2 aromatic carbocycles. The summed E-state index contributed by atoms with van der Waals surface area (Å²) in [6.45, 7) is 0.881. The number of hydrogen-bond donors (Lipinski definition) is 2. The predicted molar refractivity (Wildman–Crippen MR) is 87.2 cm³/mol. The van der Waals surface area contributed by atoms with Crippen LogP contribution < -0.4 is 20.5 Å². The van der Waals surface area contributed by atoms with Gasteiger partial charge in [-0.05, 0) is 42.7 Å². The van der Waals surface area contributed by atoms with Crippen molar-refractivity contribution in [2.75, 3.05) is 31.8 Å². The van der Waals surface area contributed by atoms with Crippen LogP contribution in [0.2, 0.25) is 0 Å². The van der Waals surface area contributed by atoms with Crippen molar-refractivity contribution < 1.29 is 9.47 Å². The zero-order chi connectivity index (χ0) is 15.1. The molecule has 0 fully saturated rings. The van der Waals surface area contributed by atoms with Crippen molar-refractivity contribution in [1.82, 2.24) is 0 Å². The highest BCUT2D eigenvalue weighted by Gasteiger charge is 2.02. The molecule has 0 aliphatic heterocycles. The van der Waals surface area contributed by atoms with Crippen molar-refractivity contribution in [1.29, 1.82) is 0 Å². The van der Waals surface area contributed by atoms with E-state index in [1.165, 1.54) is 5.56 Å². The quantitative estimate of drug-likeness (QED) is 0.605. The number of nitrogen functional groups attached to an aromatic ring is 1.